The van der Waals surface area contributed by atoms with Gasteiger partial charge in [0.2, 0.25) is 0 Å². The maximum Gasteiger partial charge on any atom is 0.140 e. The van der Waals surface area contributed by atoms with Crippen molar-refractivity contribution in [1.29, 1.82) is 0 Å². The van der Waals surface area contributed by atoms with Gasteiger partial charge in [0.05, 0.1) is 6.61 Å². The van der Waals surface area contributed by atoms with Gasteiger partial charge in [-0.15, -0.1) is 0 Å². The lowest BCUT2D eigenvalue weighted by Gasteiger charge is -2.22. The van der Waals surface area contributed by atoms with Crippen LogP contribution >= 0.6 is 11.6 Å². The third-order valence-corrected chi connectivity index (χ3v) is 3.19. The van der Waals surface area contributed by atoms with Gasteiger partial charge in [0.1, 0.15) is 11.7 Å². The third kappa shape index (κ3) is 5.73. The molecule has 0 aliphatic heterocycles. The van der Waals surface area contributed by atoms with Gasteiger partial charge in [-0.3, -0.25) is 4.90 Å². The third-order valence-electron chi connectivity index (χ3n) is 2.83. The Balaban J connectivity index is 2.67. The van der Waals surface area contributed by atoms with Crippen LogP contribution in [0.1, 0.15) is 12.0 Å². The molecule has 1 rings (SSSR count). The highest BCUT2D eigenvalue weighted by Crippen LogP contribution is 2.19. The Morgan fingerprint density at radius 3 is 2.85 bits per heavy atom. The summed E-state index contributed by atoms with van der Waals surface area (Å²) in [5, 5.41) is 11.9. The molecule has 0 aliphatic rings. The second-order valence-corrected chi connectivity index (χ2v) is 4.75. The van der Waals surface area contributed by atoms with E-state index in [0.717, 1.165) is 5.56 Å². The molecule has 112 valence electrons. The molecular weight excluding hydrogens is 285 g/mol. The zero-order valence-electron chi connectivity index (χ0n) is 11.4. The van der Waals surface area contributed by atoms with Crippen LogP contribution in [0.3, 0.4) is 0 Å². The number of methoxy groups -OCH3 is 1. The average molecular weight is 304 g/mol. The van der Waals surface area contributed by atoms with Crippen LogP contribution in [0.5, 0.6) is 0 Å². The van der Waals surface area contributed by atoms with Crippen LogP contribution in [0, 0.1) is 5.82 Å². The molecular formula is C13H19ClFN3O2. The van der Waals surface area contributed by atoms with Crippen molar-refractivity contribution in [3.8, 4) is 0 Å². The van der Waals surface area contributed by atoms with Crippen molar-refractivity contribution < 1.29 is 14.3 Å². The predicted molar refractivity (Wildman–Crippen MR) is 76.6 cm³/mol. The molecule has 0 saturated carbocycles. The first-order chi connectivity index (χ1) is 9.56. The second-order valence-electron chi connectivity index (χ2n) is 4.35. The van der Waals surface area contributed by atoms with Gasteiger partial charge in [0, 0.05) is 38.2 Å². The molecule has 0 aromatic heterocycles. The fourth-order valence-corrected chi connectivity index (χ4v) is 1.93. The number of nitrogens with two attached hydrogens (primary N) is 1. The van der Waals surface area contributed by atoms with Crippen LogP contribution in [0.4, 0.5) is 4.39 Å². The van der Waals surface area contributed by atoms with Gasteiger partial charge >= 0.3 is 0 Å². The first kappa shape index (κ1) is 16.7. The topological polar surface area (TPSA) is 71.1 Å². The number of amidine groups is 1. The van der Waals surface area contributed by atoms with Crippen molar-refractivity contribution in [3.05, 3.63) is 34.6 Å². The highest BCUT2D eigenvalue weighted by atomic mass is 35.5. The van der Waals surface area contributed by atoms with Gasteiger partial charge in [0.15, 0.2) is 0 Å². The van der Waals surface area contributed by atoms with Crippen LogP contribution in [0.15, 0.2) is 23.4 Å². The summed E-state index contributed by atoms with van der Waals surface area (Å²) in [7, 11) is 1.62. The molecule has 0 aliphatic carbocycles. The van der Waals surface area contributed by atoms with Crippen LogP contribution < -0.4 is 5.73 Å². The first-order valence-electron chi connectivity index (χ1n) is 6.18. The largest absolute Gasteiger partial charge is 0.409 e. The molecule has 0 bridgehead atoms. The predicted octanol–water partition coefficient (Wildman–Crippen LogP) is 2.06. The van der Waals surface area contributed by atoms with Crippen molar-refractivity contribution in [2.45, 2.75) is 13.0 Å². The van der Waals surface area contributed by atoms with Gasteiger partial charge in [-0.25, -0.2) is 4.39 Å². The molecule has 20 heavy (non-hydrogen) atoms. The van der Waals surface area contributed by atoms with E-state index in [2.05, 4.69) is 5.16 Å². The van der Waals surface area contributed by atoms with E-state index in [-0.39, 0.29) is 11.7 Å². The monoisotopic (exact) mass is 303 g/mol. The Morgan fingerprint density at radius 1 is 1.50 bits per heavy atom. The number of rotatable bonds is 8. The Bertz CT molecular complexity index is 457. The maximum atomic E-state index is 13.0. The molecule has 0 unspecified atom stereocenters. The van der Waals surface area contributed by atoms with Crippen molar-refractivity contribution in [3.63, 3.8) is 0 Å². The van der Waals surface area contributed by atoms with Gasteiger partial charge in [-0.2, -0.15) is 0 Å². The lowest BCUT2D eigenvalue weighted by molar-refractivity contribution is 0.145. The van der Waals surface area contributed by atoms with Crippen LogP contribution in [0.2, 0.25) is 5.02 Å². The number of hydrogen-bond donors (Lipinski definition) is 2. The van der Waals surface area contributed by atoms with E-state index in [1.54, 1.807) is 13.2 Å². The van der Waals surface area contributed by atoms with Crippen LogP contribution in [-0.2, 0) is 11.3 Å². The minimum absolute atomic E-state index is 0.164. The highest BCUT2D eigenvalue weighted by Gasteiger charge is 2.10. The summed E-state index contributed by atoms with van der Waals surface area (Å²) in [4.78, 5) is 2.04. The zero-order valence-corrected chi connectivity index (χ0v) is 12.1. The normalized spacial score (nSPS) is 12.1. The Hall–Kier alpha value is -1.37. The van der Waals surface area contributed by atoms with Gasteiger partial charge in [-0.1, -0.05) is 22.8 Å². The number of nitrogens with zero attached hydrogens (tertiary/aromatic N) is 2. The molecule has 0 saturated heterocycles. The summed E-state index contributed by atoms with van der Waals surface area (Å²) in [6, 6.07) is 4.31. The Morgan fingerprint density at radius 2 is 2.25 bits per heavy atom. The average Bonchev–Trinajstić information content (AvgIpc) is 2.43. The van der Waals surface area contributed by atoms with E-state index >= 15 is 0 Å². The summed E-state index contributed by atoms with van der Waals surface area (Å²) < 4.78 is 18.1. The van der Waals surface area contributed by atoms with Crippen LogP contribution in [-0.4, -0.2) is 42.7 Å². The fraction of sp³-hybridized carbons (Fsp3) is 0.462. The van der Waals surface area contributed by atoms with Gasteiger partial charge in [-0.05, 0) is 17.7 Å². The molecule has 3 N–H and O–H groups in total. The maximum absolute atomic E-state index is 13.0. The van der Waals surface area contributed by atoms with Crippen molar-refractivity contribution >= 4 is 17.4 Å². The molecule has 5 nitrogen and oxygen atoms in total. The van der Waals surface area contributed by atoms with Crippen molar-refractivity contribution in [1.82, 2.24) is 4.90 Å². The molecule has 0 radical (unpaired) electrons. The van der Waals surface area contributed by atoms with E-state index in [9.17, 15) is 4.39 Å². The minimum Gasteiger partial charge on any atom is -0.409 e. The van der Waals surface area contributed by atoms with Crippen LogP contribution in [0.25, 0.3) is 0 Å². The summed E-state index contributed by atoms with van der Waals surface area (Å²) in [6.45, 7) is 2.35. The number of hydrogen-bond acceptors (Lipinski definition) is 4. The number of oxime groups is 1. The molecule has 0 atom stereocenters. The smallest absolute Gasteiger partial charge is 0.140 e. The number of halogens is 2. The van der Waals surface area contributed by atoms with Gasteiger partial charge in [0.25, 0.3) is 0 Å². The van der Waals surface area contributed by atoms with E-state index in [1.807, 2.05) is 4.90 Å². The quantitative estimate of drug-likeness (QED) is 0.334. The summed E-state index contributed by atoms with van der Waals surface area (Å²) in [5.74, 6) is -0.198. The molecule has 0 spiro atoms. The highest BCUT2D eigenvalue weighted by molar-refractivity contribution is 6.31. The molecule has 7 heteroatoms. The molecule has 0 heterocycles. The molecule has 1 aromatic rings. The summed E-state index contributed by atoms with van der Waals surface area (Å²) in [5.41, 5.74) is 6.28. The van der Waals surface area contributed by atoms with Crippen molar-refractivity contribution in [2.75, 3.05) is 26.8 Å². The second kappa shape index (κ2) is 8.73. The zero-order chi connectivity index (χ0) is 15.0. The SMILES string of the molecule is COCCN(CCC(N)=NO)Cc1ccc(F)cc1Cl. The lowest BCUT2D eigenvalue weighted by atomic mass is 10.2. The number of benzene rings is 1. The summed E-state index contributed by atoms with van der Waals surface area (Å²) in [6.07, 6.45) is 0.430. The van der Waals surface area contributed by atoms with E-state index in [1.165, 1.54) is 12.1 Å². The molecule has 0 fully saturated rings. The fourth-order valence-electron chi connectivity index (χ4n) is 1.70. The Labute approximate surface area is 122 Å². The van der Waals surface area contributed by atoms with E-state index < -0.39 is 0 Å². The number of ether oxygens (including phenoxy) is 1. The Kier molecular flexibility index (Phi) is 7.28. The first-order valence-corrected chi connectivity index (χ1v) is 6.56. The van der Waals surface area contributed by atoms with Crippen molar-refractivity contribution in [2.24, 2.45) is 10.9 Å². The minimum atomic E-state index is -0.362. The summed E-state index contributed by atoms with van der Waals surface area (Å²) >= 11 is 6.01. The van der Waals surface area contributed by atoms with E-state index in [0.29, 0.717) is 37.7 Å². The standard InChI is InChI=1S/C13H19ClFN3O2/c1-20-7-6-18(5-4-13(16)17-19)9-10-2-3-11(15)8-12(10)14/h2-3,8,19H,4-7,9H2,1H3,(H2,16,17). The lowest BCUT2D eigenvalue weighted by Crippen LogP contribution is -2.31. The van der Waals surface area contributed by atoms with Gasteiger partial charge < -0.3 is 15.7 Å². The molecule has 0 amide bonds. The molecule has 1 aromatic carbocycles. The van der Waals surface area contributed by atoms with E-state index in [4.69, 9.17) is 27.3 Å².